The number of benzene rings is 3. The second-order valence-corrected chi connectivity index (χ2v) is 10.0. The summed E-state index contributed by atoms with van der Waals surface area (Å²) >= 11 is 9.90. The molecule has 0 fully saturated rings. The van der Waals surface area contributed by atoms with E-state index in [9.17, 15) is 18.0 Å². The molecule has 0 aliphatic carbocycles. The minimum absolute atomic E-state index is 0.140. The monoisotopic (exact) mass is 628 g/mol. The van der Waals surface area contributed by atoms with Gasteiger partial charge in [0, 0.05) is 29.7 Å². The molecule has 2 aromatic heterocycles. The second kappa shape index (κ2) is 11.6. The number of hydrogen-bond acceptors (Lipinski definition) is 4. The van der Waals surface area contributed by atoms with E-state index in [2.05, 4.69) is 37.0 Å². The standard InChI is InChI=1S/C28H21BrClF3N6O/c29-21-16-36-39-25(13-24(37-26(21)39)19-5-1-3-7-22(19)30)34-14-17-9-11-18(12-10-17)15-35-27(40)38-23-8-4-2-6-20(23)28(31,32)33/h1-13,16,34H,14-15H2,(H2,35,38,40). The van der Waals surface area contributed by atoms with Crippen molar-refractivity contribution in [3.05, 3.63) is 111 Å². The number of rotatable bonds is 7. The summed E-state index contributed by atoms with van der Waals surface area (Å²) in [7, 11) is 0. The van der Waals surface area contributed by atoms with Gasteiger partial charge in [-0.2, -0.15) is 22.8 Å². The summed E-state index contributed by atoms with van der Waals surface area (Å²) in [6, 6.07) is 20.9. The van der Waals surface area contributed by atoms with E-state index in [1.54, 1.807) is 10.7 Å². The Kier molecular flexibility index (Phi) is 7.95. The van der Waals surface area contributed by atoms with E-state index in [4.69, 9.17) is 16.6 Å². The van der Waals surface area contributed by atoms with Crippen LogP contribution in [0, 0.1) is 0 Å². The predicted molar refractivity (Wildman–Crippen MR) is 152 cm³/mol. The average molecular weight is 630 g/mol. The molecule has 3 N–H and O–H groups in total. The largest absolute Gasteiger partial charge is 0.418 e. The van der Waals surface area contributed by atoms with E-state index in [1.807, 2.05) is 54.6 Å². The van der Waals surface area contributed by atoms with Gasteiger partial charge in [-0.1, -0.05) is 66.2 Å². The molecule has 0 saturated carbocycles. The Hall–Kier alpha value is -4.09. The molecule has 5 rings (SSSR count). The van der Waals surface area contributed by atoms with E-state index in [0.717, 1.165) is 27.2 Å². The van der Waals surface area contributed by atoms with Crippen molar-refractivity contribution < 1.29 is 18.0 Å². The molecule has 0 bridgehead atoms. The average Bonchev–Trinajstić information content (AvgIpc) is 3.31. The molecule has 5 aromatic rings. The van der Waals surface area contributed by atoms with Crippen LogP contribution in [0.1, 0.15) is 16.7 Å². The lowest BCUT2D eigenvalue weighted by Crippen LogP contribution is -2.29. The van der Waals surface area contributed by atoms with Gasteiger partial charge in [-0.05, 0) is 45.3 Å². The Bertz CT molecular complexity index is 1670. The van der Waals surface area contributed by atoms with E-state index < -0.39 is 17.8 Å². The van der Waals surface area contributed by atoms with Crippen LogP contribution in [0.15, 0.2) is 89.5 Å². The summed E-state index contributed by atoms with van der Waals surface area (Å²) < 4.78 is 41.9. The van der Waals surface area contributed by atoms with Crippen LogP contribution in [0.3, 0.4) is 0 Å². The molecule has 0 aliphatic rings. The highest BCUT2D eigenvalue weighted by Gasteiger charge is 2.33. The molecule has 2 amide bonds. The van der Waals surface area contributed by atoms with Gasteiger partial charge in [0.25, 0.3) is 0 Å². The second-order valence-electron chi connectivity index (χ2n) is 8.76. The van der Waals surface area contributed by atoms with Gasteiger partial charge in [-0.25, -0.2) is 9.78 Å². The molecular weight excluding hydrogens is 609 g/mol. The van der Waals surface area contributed by atoms with Crippen molar-refractivity contribution >= 4 is 50.7 Å². The number of anilines is 2. The first-order chi connectivity index (χ1) is 19.2. The minimum Gasteiger partial charge on any atom is -0.366 e. The fraction of sp³-hybridized carbons (Fsp3) is 0.107. The fourth-order valence-electron chi connectivity index (χ4n) is 4.02. The van der Waals surface area contributed by atoms with Crippen molar-refractivity contribution in [1.29, 1.82) is 0 Å². The number of nitrogens with zero attached hydrogens (tertiary/aromatic N) is 3. The van der Waals surface area contributed by atoms with Gasteiger partial charge >= 0.3 is 12.2 Å². The Morgan fingerprint density at radius 1 is 0.950 bits per heavy atom. The molecule has 204 valence electrons. The quantitative estimate of drug-likeness (QED) is 0.172. The van der Waals surface area contributed by atoms with Crippen LogP contribution < -0.4 is 16.0 Å². The van der Waals surface area contributed by atoms with Gasteiger partial charge in [0.15, 0.2) is 5.65 Å². The summed E-state index contributed by atoms with van der Waals surface area (Å²) in [5.74, 6) is 0.715. The van der Waals surface area contributed by atoms with Gasteiger partial charge in [-0.15, -0.1) is 0 Å². The number of hydrogen-bond donors (Lipinski definition) is 3. The number of carbonyl (C=O) groups is 1. The van der Waals surface area contributed by atoms with E-state index >= 15 is 0 Å². The maximum atomic E-state index is 13.2. The highest BCUT2D eigenvalue weighted by Crippen LogP contribution is 2.34. The van der Waals surface area contributed by atoms with Crippen LogP contribution in [-0.4, -0.2) is 20.6 Å². The van der Waals surface area contributed by atoms with E-state index in [1.165, 1.54) is 18.2 Å². The third kappa shape index (κ3) is 6.21. The third-order valence-corrected chi connectivity index (χ3v) is 6.90. The van der Waals surface area contributed by atoms with Gasteiger partial charge in [0.1, 0.15) is 5.82 Å². The maximum absolute atomic E-state index is 13.2. The number of amides is 2. The van der Waals surface area contributed by atoms with Crippen LogP contribution in [0.25, 0.3) is 16.9 Å². The number of aromatic nitrogens is 3. The van der Waals surface area contributed by atoms with Crippen LogP contribution in [0.4, 0.5) is 29.5 Å². The lowest BCUT2D eigenvalue weighted by atomic mass is 10.1. The van der Waals surface area contributed by atoms with E-state index in [0.29, 0.717) is 28.7 Å². The highest BCUT2D eigenvalue weighted by atomic mass is 79.9. The number of carbonyl (C=O) groups excluding carboxylic acids is 1. The Morgan fingerprint density at radius 2 is 1.62 bits per heavy atom. The van der Waals surface area contributed by atoms with Crippen molar-refractivity contribution in [1.82, 2.24) is 19.9 Å². The first-order valence-electron chi connectivity index (χ1n) is 12.0. The summed E-state index contributed by atoms with van der Waals surface area (Å²) in [5, 5.41) is 13.2. The molecule has 12 heteroatoms. The summed E-state index contributed by atoms with van der Waals surface area (Å²) in [5.41, 5.74) is 2.66. The summed E-state index contributed by atoms with van der Waals surface area (Å²) in [6.45, 7) is 0.613. The van der Waals surface area contributed by atoms with Crippen LogP contribution in [0.5, 0.6) is 0 Å². The third-order valence-electron chi connectivity index (χ3n) is 6.01. The zero-order valence-corrected chi connectivity index (χ0v) is 23.0. The predicted octanol–water partition coefficient (Wildman–Crippen LogP) is 7.76. The minimum atomic E-state index is -4.57. The molecule has 3 aromatic carbocycles. The van der Waals surface area contributed by atoms with Crippen molar-refractivity contribution in [2.24, 2.45) is 0 Å². The van der Waals surface area contributed by atoms with Crippen molar-refractivity contribution in [2.45, 2.75) is 19.3 Å². The fourth-order valence-corrected chi connectivity index (χ4v) is 4.61. The smallest absolute Gasteiger partial charge is 0.366 e. The van der Waals surface area contributed by atoms with E-state index in [-0.39, 0.29) is 12.2 Å². The number of urea groups is 1. The zero-order valence-electron chi connectivity index (χ0n) is 20.6. The number of halogens is 5. The zero-order chi connectivity index (χ0) is 28.3. The van der Waals surface area contributed by atoms with Crippen LogP contribution in [-0.2, 0) is 19.3 Å². The first kappa shape index (κ1) is 27.5. The molecular formula is C28H21BrClF3N6O. The van der Waals surface area contributed by atoms with Gasteiger partial charge in [0.2, 0.25) is 0 Å². The molecule has 7 nitrogen and oxygen atoms in total. The number of alkyl halides is 3. The first-order valence-corrected chi connectivity index (χ1v) is 13.2. The van der Waals surface area contributed by atoms with Crippen LogP contribution in [0.2, 0.25) is 5.02 Å². The molecule has 0 unspecified atom stereocenters. The van der Waals surface area contributed by atoms with Gasteiger partial charge < -0.3 is 16.0 Å². The molecule has 2 heterocycles. The summed E-state index contributed by atoms with van der Waals surface area (Å²) in [6.07, 6.45) is -2.90. The molecule has 0 atom stereocenters. The molecule has 0 saturated heterocycles. The van der Waals surface area contributed by atoms with Gasteiger partial charge in [-0.3, -0.25) is 0 Å². The molecule has 0 radical (unpaired) electrons. The molecule has 0 spiro atoms. The van der Waals surface area contributed by atoms with Crippen molar-refractivity contribution in [2.75, 3.05) is 10.6 Å². The SMILES string of the molecule is O=C(NCc1ccc(CNc2cc(-c3ccccc3Cl)nc3c(Br)cnn23)cc1)Nc1ccccc1C(F)(F)F. The van der Waals surface area contributed by atoms with Crippen LogP contribution >= 0.6 is 27.5 Å². The lowest BCUT2D eigenvalue weighted by molar-refractivity contribution is -0.136. The number of nitrogens with one attached hydrogen (secondary N) is 3. The maximum Gasteiger partial charge on any atom is 0.418 e. The summed E-state index contributed by atoms with van der Waals surface area (Å²) in [4.78, 5) is 16.9. The number of fused-ring (bicyclic) bond motifs is 1. The normalized spacial score (nSPS) is 11.4. The Balaban J connectivity index is 1.23. The highest BCUT2D eigenvalue weighted by molar-refractivity contribution is 9.10. The Morgan fingerprint density at radius 3 is 2.35 bits per heavy atom. The number of para-hydroxylation sites is 1. The lowest BCUT2D eigenvalue weighted by Gasteiger charge is -2.14. The topological polar surface area (TPSA) is 83.3 Å². The molecule has 0 aliphatic heterocycles. The van der Waals surface area contributed by atoms with Gasteiger partial charge in [0.05, 0.1) is 27.6 Å². The Labute approximate surface area is 240 Å². The van der Waals surface area contributed by atoms with Crippen molar-refractivity contribution in [3.8, 4) is 11.3 Å². The van der Waals surface area contributed by atoms with Crippen molar-refractivity contribution in [3.63, 3.8) is 0 Å². The molecule has 40 heavy (non-hydrogen) atoms.